The van der Waals surface area contributed by atoms with Crippen molar-refractivity contribution in [3.63, 3.8) is 0 Å². The molecule has 3 heteroatoms. The second-order valence-electron chi connectivity index (χ2n) is 4.61. The molecule has 0 saturated heterocycles. The second-order valence-corrected chi connectivity index (χ2v) is 4.61. The van der Waals surface area contributed by atoms with Gasteiger partial charge >= 0.3 is 0 Å². The van der Waals surface area contributed by atoms with E-state index in [0.29, 0.717) is 0 Å². The Morgan fingerprint density at radius 1 is 1.17 bits per heavy atom. The summed E-state index contributed by atoms with van der Waals surface area (Å²) in [7, 11) is 0. The summed E-state index contributed by atoms with van der Waals surface area (Å²) in [5, 5.41) is 9.50. The Labute approximate surface area is 106 Å². The number of hydrogen-bond donors (Lipinski definition) is 2. The van der Waals surface area contributed by atoms with Gasteiger partial charge in [0.2, 0.25) is 0 Å². The highest BCUT2D eigenvalue weighted by molar-refractivity contribution is 5.49. The number of rotatable bonds is 1. The number of nitrogen functional groups attached to an aromatic ring is 1. The van der Waals surface area contributed by atoms with Crippen LogP contribution in [0.1, 0.15) is 23.7 Å². The number of nitrogens with two attached hydrogens (primary N) is 1. The number of fused-ring (bicyclic) bond motifs is 1. The van der Waals surface area contributed by atoms with Crippen molar-refractivity contribution in [2.24, 2.45) is 0 Å². The summed E-state index contributed by atoms with van der Waals surface area (Å²) in [6.07, 6.45) is 1.86. The third kappa shape index (κ3) is 1.99. The monoisotopic (exact) mass is 241 g/mol. The standard InChI is InChI=1S/C15H15NO2/c16-12-5-7-15-11(8-12)4-6-14(18-15)10-2-1-3-13(17)9-10/h1-3,5,7-9,14,17H,4,6,16H2. The van der Waals surface area contributed by atoms with Gasteiger partial charge in [-0.1, -0.05) is 12.1 Å². The normalized spacial score (nSPS) is 17.9. The van der Waals surface area contributed by atoms with E-state index < -0.39 is 0 Å². The Balaban J connectivity index is 1.89. The van der Waals surface area contributed by atoms with Crippen molar-refractivity contribution in [2.75, 3.05) is 5.73 Å². The number of phenolic OH excluding ortho intramolecular Hbond substituents is 1. The minimum absolute atomic E-state index is 0.00762. The maximum atomic E-state index is 9.50. The Bertz CT molecular complexity index is 580. The Kier molecular flexibility index (Phi) is 2.59. The molecule has 3 rings (SSSR count). The lowest BCUT2D eigenvalue weighted by Gasteiger charge is -2.26. The fraction of sp³-hybridized carbons (Fsp3) is 0.200. The third-order valence-electron chi connectivity index (χ3n) is 3.27. The average molecular weight is 241 g/mol. The largest absolute Gasteiger partial charge is 0.508 e. The molecule has 1 aliphatic rings. The minimum Gasteiger partial charge on any atom is -0.508 e. The molecular weight excluding hydrogens is 226 g/mol. The van der Waals surface area contributed by atoms with Crippen molar-refractivity contribution in [3.8, 4) is 11.5 Å². The zero-order valence-corrected chi connectivity index (χ0v) is 9.97. The summed E-state index contributed by atoms with van der Waals surface area (Å²) in [5.41, 5.74) is 8.70. The summed E-state index contributed by atoms with van der Waals surface area (Å²) in [4.78, 5) is 0. The van der Waals surface area contributed by atoms with Gasteiger partial charge in [-0.15, -0.1) is 0 Å². The Morgan fingerprint density at radius 3 is 2.89 bits per heavy atom. The quantitative estimate of drug-likeness (QED) is 0.754. The van der Waals surface area contributed by atoms with Gasteiger partial charge in [0.15, 0.2) is 0 Å². The zero-order valence-electron chi connectivity index (χ0n) is 9.97. The van der Waals surface area contributed by atoms with E-state index >= 15 is 0 Å². The maximum Gasteiger partial charge on any atom is 0.124 e. The van der Waals surface area contributed by atoms with Gasteiger partial charge in [0.05, 0.1) is 0 Å². The number of ether oxygens (including phenoxy) is 1. The van der Waals surface area contributed by atoms with Crippen LogP contribution in [0.5, 0.6) is 11.5 Å². The summed E-state index contributed by atoms with van der Waals surface area (Å²) >= 11 is 0. The van der Waals surface area contributed by atoms with Crippen molar-refractivity contribution >= 4 is 5.69 Å². The van der Waals surface area contributed by atoms with Crippen LogP contribution >= 0.6 is 0 Å². The molecule has 1 aliphatic heterocycles. The van der Waals surface area contributed by atoms with Crippen LogP contribution in [0.4, 0.5) is 5.69 Å². The third-order valence-corrected chi connectivity index (χ3v) is 3.27. The first-order valence-electron chi connectivity index (χ1n) is 6.06. The van der Waals surface area contributed by atoms with Crippen LogP contribution in [-0.4, -0.2) is 5.11 Å². The molecule has 3 N–H and O–H groups in total. The molecule has 2 aromatic rings. The highest BCUT2D eigenvalue weighted by Crippen LogP contribution is 2.36. The highest BCUT2D eigenvalue weighted by Gasteiger charge is 2.21. The number of aryl methyl sites for hydroxylation is 1. The van der Waals surface area contributed by atoms with Crippen molar-refractivity contribution in [2.45, 2.75) is 18.9 Å². The molecule has 0 radical (unpaired) electrons. The summed E-state index contributed by atoms with van der Waals surface area (Å²) in [5.74, 6) is 1.17. The maximum absolute atomic E-state index is 9.50. The average Bonchev–Trinajstić information content (AvgIpc) is 2.38. The zero-order chi connectivity index (χ0) is 12.5. The molecule has 1 heterocycles. The molecule has 0 fully saturated rings. The first kappa shape index (κ1) is 11.0. The van der Waals surface area contributed by atoms with Gasteiger partial charge in [-0.2, -0.15) is 0 Å². The van der Waals surface area contributed by atoms with E-state index in [0.717, 1.165) is 35.4 Å². The Hall–Kier alpha value is -2.16. The van der Waals surface area contributed by atoms with Gasteiger partial charge in [0.1, 0.15) is 17.6 Å². The molecule has 1 atom stereocenters. The van der Waals surface area contributed by atoms with Crippen LogP contribution in [-0.2, 0) is 6.42 Å². The van der Waals surface area contributed by atoms with E-state index in [1.807, 2.05) is 30.3 Å². The molecule has 0 aliphatic carbocycles. The van der Waals surface area contributed by atoms with E-state index in [2.05, 4.69) is 0 Å². The molecule has 1 unspecified atom stereocenters. The van der Waals surface area contributed by atoms with Crippen molar-refractivity contribution in [1.29, 1.82) is 0 Å². The predicted octanol–water partition coefficient (Wildman–Crippen LogP) is 3.04. The first-order chi connectivity index (χ1) is 8.72. The van der Waals surface area contributed by atoms with Gasteiger partial charge in [-0.05, 0) is 54.3 Å². The van der Waals surface area contributed by atoms with Gasteiger partial charge in [-0.25, -0.2) is 0 Å². The molecule has 0 bridgehead atoms. The predicted molar refractivity (Wildman–Crippen MR) is 70.7 cm³/mol. The lowest BCUT2D eigenvalue weighted by Crippen LogP contribution is -2.15. The smallest absolute Gasteiger partial charge is 0.124 e. The summed E-state index contributed by atoms with van der Waals surface area (Å²) < 4.78 is 5.96. The van der Waals surface area contributed by atoms with E-state index in [-0.39, 0.29) is 11.9 Å². The van der Waals surface area contributed by atoms with E-state index in [1.165, 1.54) is 0 Å². The van der Waals surface area contributed by atoms with Gasteiger partial charge in [0, 0.05) is 5.69 Å². The van der Waals surface area contributed by atoms with Crippen LogP contribution in [0.3, 0.4) is 0 Å². The molecule has 0 saturated carbocycles. The van der Waals surface area contributed by atoms with Crippen molar-refractivity contribution < 1.29 is 9.84 Å². The fourth-order valence-electron chi connectivity index (χ4n) is 2.37. The molecule has 0 spiro atoms. The topological polar surface area (TPSA) is 55.5 Å². The molecule has 92 valence electrons. The number of phenols is 1. The van der Waals surface area contributed by atoms with Crippen LogP contribution in [0.25, 0.3) is 0 Å². The SMILES string of the molecule is Nc1ccc2c(c1)CCC(c1cccc(O)c1)O2. The van der Waals surface area contributed by atoms with Crippen LogP contribution in [0, 0.1) is 0 Å². The first-order valence-corrected chi connectivity index (χ1v) is 6.06. The van der Waals surface area contributed by atoms with Crippen molar-refractivity contribution in [3.05, 3.63) is 53.6 Å². The molecule has 2 aromatic carbocycles. The molecule has 18 heavy (non-hydrogen) atoms. The summed E-state index contributed by atoms with van der Waals surface area (Å²) in [6, 6.07) is 13.0. The van der Waals surface area contributed by atoms with E-state index in [9.17, 15) is 5.11 Å². The van der Waals surface area contributed by atoms with Gasteiger partial charge in [0.25, 0.3) is 0 Å². The molecule has 0 aromatic heterocycles. The van der Waals surface area contributed by atoms with Crippen LogP contribution in [0.2, 0.25) is 0 Å². The van der Waals surface area contributed by atoms with Crippen LogP contribution in [0.15, 0.2) is 42.5 Å². The molecule has 0 amide bonds. The lowest BCUT2D eigenvalue weighted by atomic mass is 9.97. The lowest BCUT2D eigenvalue weighted by molar-refractivity contribution is 0.176. The summed E-state index contributed by atoms with van der Waals surface area (Å²) in [6.45, 7) is 0. The number of hydrogen-bond acceptors (Lipinski definition) is 3. The van der Waals surface area contributed by atoms with Gasteiger partial charge < -0.3 is 15.6 Å². The molecule has 3 nitrogen and oxygen atoms in total. The fourth-order valence-corrected chi connectivity index (χ4v) is 2.37. The Morgan fingerprint density at radius 2 is 2.06 bits per heavy atom. The highest BCUT2D eigenvalue weighted by atomic mass is 16.5. The van der Waals surface area contributed by atoms with Gasteiger partial charge in [-0.3, -0.25) is 0 Å². The van der Waals surface area contributed by atoms with Crippen LogP contribution < -0.4 is 10.5 Å². The van der Waals surface area contributed by atoms with Crippen molar-refractivity contribution in [1.82, 2.24) is 0 Å². The second kappa shape index (κ2) is 4.26. The minimum atomic E-state index is 0.00762. The number of anilines is 1. The number of benzene rings is 2. The number of aromatic hydroxyl groups is 1. The van der Waals surface area contributed by atoms with E-state index in [4.69, 9.17) is 10.5 Å². The molecular formula is C15H15NO2. The van der Waals surface area contributed by atoms with E-state index in [1.54, 1.807) is 12.1 Å².